The number of hydrogen-bond donors (Lipinski definition) is 7. The number of benzene rings is 1. The van der Waals surface area contributed by atoms with Crippen molar-refractivity contribution >= 4 is 119 Å². The lowest BCUT2D eigenvalue weighted by atomic mass is 9.98. The fourth-order valence-electron chi connectivity index (χ4n) is 14.0. The number of ether oxygens (including phenoxy) is 22. The van der Waals surface area contributed by atoms with Crippen LogP contribution in [0.2, 0.25) is 0 Å². The third kappa shape index (κ3) is 52.0. The van der Waals surface area contributed by atoms with Crippen LogP contribution in [0, 0.1) is 0 Å². The van der Waals surface area contributed by atoms with Crippen molar-refractivity contribution in [1.29, 1.82) is 0 Å². The highest BCUT2D eigenvalue weighted by Crippen LogP contribution is 2.34. The molecule has 0 aromatic heterocycles. The Bertz CT molecular complexity index is 3800. The molecule has 0 bridgehead atoms. The zero-order chi connectivity index (χ0) is 103. The molecule has 1 aromatic rings. The summed E-state index contributed by atoms with van der Waals surface area (Å²) in [5, 5.41) is 19.5. The van der Waals surface area contributed by atoms with Gasteiger partial charge in [0, 0.05) is 194 Å². The summed E-state index contributed by atoms with van der Waals surface area (Å²) in [5.41, 5.74) is -0.851. The fraction of sp³-hybridized carbons (Fsp3) is 0.714. The van der Waals surface area contributed by atoms with Crippen LogP contribution in [0.5, 0.6) is 0 Å². The van der Waals surface area contributed by atoms with Crippen LogP contribution in [-0.2, 0) is 207 Å². The molecule has 7 N–H and O–H groups in total. The molecule has 0 saturated carbocycles. The van der Waals surface area contributed by atoms with Crippen LogP contribution in [0.25, 0.3) is 0 Å². The molecular formula is C91H137N7O42. The van der Waals surface area contributed by atoms with E-state index in [1.165, 1.54) is 0 Å². The Labute approximate surface area is 810 Å². The van der Waals surface area contributed by atoms with Crippen LogP contribution in [0.4, 0.5) is 0 Å². The molecule has 3 aliphatic heterocycles. The minimum absolute atomic E-state index is 0.00394. The van der Waals surface area contributed by atoms with Crippen molar-refractivity contribution < 1.29 is 200 Å². The van der Waals surface area contributed by atoms with Gasteiger partial charge in [0.1, 0.15) is 50.3 Å². The molecule has 49 nitrogen and oxygen atoms in total. The van der Waals surface area contributed by atoms with E-state index in [1.54, 1.807) is 30.3 Å². The van der Waals surface area contributed by atoms with Gasteiger partial charge in [-0.1, -0.05) is 30.3 Å². The zero-order valence-electron chi connectivity index (χ0n) is 81.4. The number of carbonyl (C=O) groups excluding carboxylic acids is 20. The van der Waals surface area contributed by atoms with Gasteiger partial charge in [0.2, 0.25) is 41.4 Å². The summed E-state index contributed by atoms with van der Waals surface area (Å²) in [5.74, 6) is -12.9. The summed E-state index contributed by atoms with van der Waals surface area (Å²) in [6.07, 6.45) is -18.8. The summed E-state index contributed by atoms with van der Waals surface area (Å²) in [6, 6.07) is 8.93. The molecule has 0 aliphatic carbocycles. The minimum Gasteiger partial charge on any atom is -0.463 e. The van der Waals surface area contributed by atoms with Gasteiger partial charge in [-0.2, -0.15) is 0 Å². The molecule has 49 heteroatoms. The first kappa shape index (κ1) is 121. The smallest absolute Gasteiger partial charge is 0.306 e. The normalized spacial score (nSPS) is 20.8. The van der Waals surface area contributed by atoms with Crippen molar-refractivity contribution in [2.75, 3.05) is 119 Å². The summed E-state index contributed by atoms with van der Waals surface area (Å²) in [7, 11) is 0. The van der Waals surface area contributed by atoms with Crippen molar-refractivity contribution in [3.8, 4) is 0 Å². The Kier molecular flexibility index (Phi) is 58.2. The minimum atomic E-state index is -1.59. The number of unbranched alkanes of at least 4 members (excludes halogenated alkanes) is 3. The molecule has 0 unspecified atom stereocenters. The lowest BCUT2D eigenvalue weighted by molar-refractivity contribution is -0.308. The van der Waals surface area contributed by atoms with Gasteiger partial charge in [0.25, 0.3) is 0 Å². The molecule has 3 aliphatic rings. The van der Waals surface area contributed by atoms with Crippen LogP contribution in [-0.4, -0.2) is 335 Å². The monoisotopic (exact) mass is 2000 g/mol. The van der Waals surface area contributed by atoms with Gasteiger partial charge in [-0.05, 0) is 69.8 Å². The van der Waals surface area contributed by atoms with E-state index in [4.69, 9.17) is 104 Å². The first-order chi connectivity index (χ1) is 66.6. The zero-order valence-corrected chi connectivity index (χ0v) is 81.4. The van der Waals surface area contributed by atoms with Crippen LogP contribution in [0.15, 0.2) is 30.3 Å². The summed E-state index contributed by atoms with van der Waals surface area (Å²) in [4.78, 5) is 250. The first-order valence-electron chi connectivity index (χ1n) is 46.2. The average Bonchev–Trinajstić information content (AvgIpc) is 0.793. The van der Waals surface area contributed by atoms with E-state index in [-0.39, 0.29) is 200 Å². The molecule has 3 saturated heterocycles. The molecule has 0 spiro atoms. The van der Waals surface area contributed by atoms with Gasteiger partial charge < -0.3 is 141 Å². The number of esters is 13. The quantitative estimate of drug-likeness (QED) is 0.0267. The third-order valence-electron chi connectivity index (χ3n) is 20.1. The molecular weight excluding hydrogens is 1860 g/mol. The lowest BCUT2D eigenvalue weighted by Crippen LogP contribution is -2.63. The third-order valence-corrected chi connectivity index (χ3v) is 20.1. The maximum Gasteiger partial charge on any atom is 0.306 e. The van der Waals surface area contributed by atoms with Crippen LogP contribution < -0.4 is 37.2 Å². The second-order valence-corrected chi connectivity index (χ2v) is 32.6. The van der Waals surface area contributed by atoms with Gasteiger partial charge >= 0.3 is 77.6 Å². The van der Waals surface area contributed by atoms with Crippen LogP contribution in [0.1, 0.15) is 204 Å². The maximum atomic E-state index is 14.0. The molecule has 140 heavy (non-hydrogen) atoms. The van der Waals surface area contributed by atoms with E-state index >= 15 is 0 Å². The molecule has 4 rings (SSSR count). The topological polar surface area (TPSA) is 629 Å². The lowest BCUT2D eigenvalue weighted by Gasteiger charge is -2.44. The Morgan fingerprint density at radius 2 is 0.521 bits per heavy atom. The molecule has 0 radical (unpaired) electrons. The second-order valence-electron chi connectivity index (χ2n) is 32.6. The van der Waals surface area contributed by atoms with Crippen LogP contribution >= 0.6 is 0 Å². The number of hydrogen-bond acceptors (Lipinski definition) is 42. The van der Waals surface area contributed by atoms with Gasteiger partial charge in [0.15, 0.2) is 73.8 Å². The van der Waals surface area contributed by atoms with Crippen molar-refractivity contribution in [2.45, 2.75) is 303 Å². The standard InChI is InChI=1S/C91H137N7O42/c1-55(99)125-49-68-79(129-58(4)102)82(132-61(7)105)85(135-64(10)108)88(138-68)122-42-19-16-28-71(111)92-36-23-39-95-74(114)33-45-119-52-91(98-77(117)31-22-32-78(118)128-48-67-26-14-13-15-27-67,53-120-46-34-75(115)96-40-24-37-93-72(112)29-17-20-43-123-89-86(136-65(11)109)83(133-62(8)106)80(130-59(5)103)69(139-89)50-126-56(2)100)54-121-47-35-76(116)97-41-25-38-94-73(113)30-18-21-44-124-90-87(137-66(12)110)84(134-63(9)107)81(131-60(6)104)70(140-90)51-127-57(3)101/h13-15,26-27,68-70,79-90H,16-25,28-54H2,1-12H3,(H,92,111)(H,93,112)(H,94,113)(H,95,114)(H,96,115)(H,97,116)(H,98,117)/t68-,69-,70-,79-,80-,81-,82+,83+,84+,85-,86-,87-,88-,89-,90-/m1/s1. The average molecular weight is 2000 g/mol. The van der Waals surface area contributed by atoms with Crippen molar-refractivity contribution in [2.24, 2.45) is 0 Å². The van der Waals surface area contributed by atoms with Gasteiger partial charge in [0.05, 0.1) is 39.6 Å². The fourth-order valence-corrected chi connectivity index (χ4v) is 14.0. The largest absolute Gasteiger partial charge is 0.463 e. The highest BCUT2D eigenvalue weighted by Gasteiger charge is 2.56. The van der Waals surface area contributed by atoms with Crippen molar-refractivity contribution in [1.82, 2.24) is 37.2 Å². The van der Waals surface area contributed by atoms with Gasteiger partial charge in [-0.3, -0.25) is 95.9 Å². The van der Waals surface area contributed by atoms with E-state index < -0.39 is 219 Å². The molecule has 3 heterocycles. The first-order valence-corrected chi connectivity index (χ1v) is 46.2. The van der Waals surface area contributed by atoms with E-state index in [2.05, 4.69) is 37.2 Å². The van der Waals surface area contributed by atoms with Gasteiger partial charge in [-0.25, -0.2) is 0 Å². The predicted octanol–water partition coefficient (Wildman–Crippen LogP) is 0.653. The predicted molar refractivity (Wildman–Crippen MR) is 474 cm³/mol. The Morgan fingerprint density at radius 1 is 0.264 bits per heavy atom. The molecule has 3 fully saturated rings. The number of rotatable bonds is 67. The second kappa shape index (κ2) is 67.6. The number of carbonyl (C=O) groups is 20. The summed E-state index contributed by atoms with van der Waals surface area (Å²) in [6.45, 7) is 10.7. The Balaban J connectivity index is 1.37. The number of amides is 7. The molecule has 788 valence electrons. The summed E-state index contributed by atoms with van der Waals surface area (Å²) < 4.78 is 123. The Morgan fingerprint density at radius 3 is 0.793 bits per heavy atom. The van der Waals surface area contributed by atoms with E-state index in [0.717, 1.165) is 88.6 Å². The van der Waals surface area contributed by atoms with Crippen LogP contribution in [0.3, 0.4) is 0 Å². The van der Waals surface area contributed by atoms with Crippen molar-refractivity contribution in [3.05, 3.63) is 35.9 Å². The van der Waals surface area contributed by atoms with E-state index in [9.17, 15) is 95.9 Å². The summed E-state index contributed by atoms with van der Waals surface area (Å²) >= 11 is 0. The molecule has 7 amide bonds. The number of nitrogens with one attached hydrogen (secondary N) is 7. The van der Waals surface area contributed by atoms with Crippen molar-refractivity contribution in [3.63, 3.8) is 0 Å². The van der Waals surface area contributed by atoms with E-state index in [1.807, 2.05) is 0 Å². The SMILES string of the molecule is CC(=O)OC[C@H]1O[C@@H](OCCCCC(=O)NCCCNC(=O)CCOCC(COCCC(=O)NCCCNC(=O)CCCCO[C@@H]2O[C@H](COC(C)=O)[C@@H](OC(C)=O)[C@H](OC(C)=O)[C@H]2OC(C)=O)(COCCC(=O)NCCCNC(=O)CCCCO[C@@H]2O[C@H](COC(C)=O)[C@@H](OC(C)=O)[C@H](OC(C)=O)[C@H]2OC(C)=O)NC(=O)CCCC(=O)OCc2ccccc2)[C@H](OC(C)=O)[C@@H](OC(C)=O)[C@@H]1OC(C)=O. The highest BCUT2D eigenvalue weighted by atomic mass is 16.8. The molecule has 15 atom stereocenters. The van der Waals surface area contributed by atoms with E-state index in [0.29, 0.717) is 38.5 Å². The highest BCUT2D eigenvalue weighted by molar-refractivity contribution is 5.80. The molecule has 1 aromatic carbocycles. The van der Waals surface area contributed by atoms with Gasteiger partial charge in [-0.15, -0.1) is 0 Å². The Hall–Kier alpha value is -11.7. The maximum absolute atomic E-state index is 14.0.